The predicted molar refractivity (Wildman–Crippen MR) is 348 cm³/mol. The van der Waals surface area contributed by atoms with Crippen LogP contribution in [0.2, 0.25) is 0 Å². The van der Waals surface area contributed by atoms with Gasteiger partial charge >= 0.3 is 17.9 Å². The molecule has 0 fully saturated rings. The first-order valence-corrected chi connectivity index (χ1v) is 35.3. The number of allylic oxidation sites excluding steroid dienone is 10. The molecular weight excluding hydrogens is 985 g/mol. The van der Waals surface area contributed by atoms with Crippen molar-refractivity contribution in [3.63, 3.8) is 0 Å². The van der Waals surface area contributed by atoms with Gasteiger partial charge in [-0.15, -0.1) is 0 Å². The SMILES string of the molecule is CCCCC/C=C\C/C=C\CCCCCCCCCC(=O)OC(COC(=O)CCCCCCCCCCCCCC)COC(=O)CCCCCCCCCCCCCCCCCCCC/C=C\C/C=C\C/C=C\CCCCCCC. The van der Waals surface area contributed by atoms with Gasteiger partial charge in [0.1, 0.15) is 13.2 Å². The summed E-state index contributed by atoms with van der Waals surface area (Å²) in [6.07, 6.45) is 88.3. The number of unbranched alkanes of at least 4 members (excludes halogenated alkanes) is 44. The number of esters is 3. The molecule has 0 N–H and O–H groups in total. The summed E-state index contributed by atoms with van der Waals surface area (Å²) >= 11 is 0. The van der Waals surface area contributed by atoms with E-state index in [1.165, 1.54) is 250 Å². The number of carbonyl (C=O) groups excluding carboxylic acids is 3. The van der Waals surface area contributed by atoms with Gasteiger partial charge in [0.2, 0.25) is 0 Å². The van der Waals surface area contributed by atoms with Crippen LogP contribution in [0.3, 0.4) is 0 Å². The zero-order chi connectivity index (χ0) is 57.8. The molecule has 0 aliphatic carbocycles. The van der Waals surface area contributed by atoms with E-state index in [1.807, 2.05) is 0 Å². The van der Waals surface area contributed by atoms with Gasteiger partial charge in [-0.05, 0) is 89.9 Å². The van der Waals surface area contributed by atoms with Gasteiger partial charge in [0.25, 0.3) is 0 Å². The molecule has 0 aliphatic rings. The Morgan fingerprint density at radius 1 is 0.250 bits per heavy atom. The fourth-order valence-corrected chi connectivity index (χ4v) is 10.4. The van der Waals surface area contributed by atoms with Gasteiger partial charge in [-0.3, -0.25) is 14.4 Å². The average Bonchev–Trinajstić information content (AvgIpc) is 3.46. The Balaban J connectivity index is 4.13. The van der Waals surface area contributed by atoms with E-state index in [9.17, 15) is 14.4 Å². The second kappa shape index (κ2) is 68.6. The molecule has 1 unspecified atom stereocenters. The van der Waals surface area contributed by atoms with Crippen molar-refractivity contribution in [2.75, 3.05) is 13.2 Å². The molecule has 0 heterocycles. The first kappa shape index (κ1) is 77.1. The molecule has 0 aromatic rings. The van der Waals surface area contributed by atoms with Crippen molar-refractivity contribution in [1.82, 2.24) is 0 Å². The van der Waals surface area contributed by atoms with Crippen molar-refractivity contribution >= 4 is 17.9 Å². The number of rotatable bonds is 65. The second-order valence-corrected chi connectivity index (χ2v) is 23.8. The molecule has 0 aromatic heterocycles. The molecule has 0 spiro atoms. The Morgan fingerprint density at radius 2 is 0.450 bits per heavy atom. The quantitative estimate of drug-likeness (QED) is 0.0261. The summed E-state index contributed by atoms with van der Waals surface area (Å²) in [5, 5.41) is 0. The second-order valence-electron chi connectivity index (χ2n) is 23.8. The molecule has 0 aromatic carbocycles. The molecule has 80 heavy (non-hydrogen) atoms. The van der Waals surface area contributed by atoms with Crippen molar-refractivity contribution in [2.45, 2.75) is 380 Å². The van der Waals surface area contributed by atoms with Crippen LogP contribution in [0.5, 0.6) is 0 Å². The Morgan fingerprint density at radius 3 is 0.725 bits per heavy atom. The summed E-state index contributed by atoms with van der Waals surface area (Å²) in [7, 11) is 0. The molecule has 0 bridgehead atoms. The zero-order valence-corrected chi connectivity index (χ0v) is 53.6. The summed E-state index contributed by atoms with van der Waals surface area (Å²) < 4.78 is 17.0. The smallest absolute Gasteiger partial charge is 0.306 e. The van der Waals surface area contributed by atoms with Crippen LogP contribution in [-0.2, 0) is 28.6 Å². The third kappa shape index (κ3) is 65.9. The van der Waals surface area contributed by atoms with E-state index in [0.717, 1.165) is 83.5 Å². The maximum absolute atomic E-state index is 12.9. The van der Waals surface area contributed by atoms with Crippen LogP contribution in [-0.4, -0.2) is 37.2 Å². The molecule has 0 amide bonds. The van der Waals surface area contributed by atoms with E-state index in [1.54, 1.807) is 0 Å². The number of ether oxygens (including phenoxy) is 3. The molecule has 6 heteroatoms. The minimum atomic E-state index is -0.776. The van der Waals surface area contributed by atoms with Crippen molar-refractivity contribution in [3.05, 3.63) is 60.8 Å². The lowest BCUT2D eigenvalue weighted by molar-refractivity contribution is -0.167. The molecule has 0 aliphatic heterocycles. The first-order chi connectivity index (χ1) is 39.5. The molecule has 6 nitrogen and oxygen atoms in total. The Bertz CT molecular complexity index is 1430. The van der Waals surface area contributed by atoms with Gasteiger partial charge in [-0.25, -0.2) is 0 Å². The summed E-state index contributed by atoms with van der Waals surface area (Å²) in [5.74, 6) is -0.858. The predicted octanol–water partition coefficient (Wildman–Crippen LogP) is 24.3. The van der Waals surface area contributed by atoms with Crippen LogP contribution in [0.4, 0.5) is 0 Å². The van der Waals surface area contributed by atoms with E-state index < -0.39 is 6.10 Å². The van der Waals surface area contributed by atoms with Gasteiger partial charge in [-0.2, -0.15) is 0 Å². The van der Waals surface area contributed by atoms with Crippen molar-refractivity contribution in [3.8, 4) is 0 Å². The van der Waals surface area contributed by atoms with Crippen LogP contribution in [0.25, 0.3) is 0 Å². The number of carbonyl (C=O) groups is 3. The molecule has 0 saturated carbocycles. The number of hydrogen-bond donors (Lipinski definition) is 0. The number of hydrogen-bond acceptors (Lipinski definition) is 6. The summed E-state index contributed by atoms with van der Waals surface area (Å²) in [6.45, 7) is 6.64. The standard InChI is InChI=1S/C74H134O6/c1-4-7-10-13-16-19-22-25-27-29-30-31-32-33-34-35-36-37-38-39-40-41-42-43-44-46-47-49-52-55-58-61-64-67-73(76)79-70-71(69-78-72(75)66-63-60-57-54-51-24-21-18-15-12-9-6-3)80-74(77)68-65-62-59-56-53-50-48-45-28-26-23-20-17-14-11-8-5-2/h17,20,22,25-26,28-30,32-33,71H,4-16,18-19,21,23-24,27,31,34-70H2,1-3H3/b20-17-,25-22-,28-26-,30-29-,33-32-. The topological polar surface area (TPSA) is 78.9 Å². The zero-order valence-electron chi connectivity index (χ0n) is 53.6. The summed E-state index contributed by atoms with van der Waals surface area (Å²) in [6, 6.07) is 0. The Hall–Kier alpha value is -2.89. The molecule has 0 rings (SSSR count). The van der Waals surface area contributed by atoms with Gasteiger partial charge < -0.3 is 14.2 Å². The lowest BCUT2D eigenvalue weighted by atomic mass is 10.0. The van der Waals surface area contributed by atoms with Crippen molar-refractivity contribution in [2.24, 2.45) is 0 Å². The lowest BCUT2D eigenvalue weighted by Gasteiger charge is -2.18. The summed E-state index contributed by atoms with van der Waals surface area (Å²) in [5.41, 5.74) is 0. The monoisotopic (exact) mass is 1120 g/mol. The fraction of sp³-hybridized carbons (Fsp3) is 0.824. The van der Waals surface area contributed by atoms with E-state index in [0.29, 0.717) is 19.3 Å². The lowest BCUT2D eigenvalue weighted by Crippen LogP contribution is -2.30. The third-order valence-corrected chi connectivity index (χ3v) is 15.7. The highest BCUT2D eigenvalue weighted by Gasteiger charge is 2.19. The van der Waals surface area contributed by atoms with Gasteiger partial charge in [0.15, 0.2) is 6.10 Å². The molecular formula is C74H134O6. The highest BCUT2D eigenvalue weighted by molar-refractivity contribution is 5.71. The fourth-order valence-electron chi connectivity index (χ4n) is 10.4. The van der Waals surface area contributed by atoms with Crippen LogP contribution in [0.1, 0.15) is 374 Å². The Kier molecular flexibility index (Phi) is 66.1. The van der Waals surface area contributed by atoms with E-state index in [4.69, 9.17) is 14.2 Å². The molecule has 466 valence electrons. The maximum Gasteiger partial charge on any atom is 0.306 e. The van der Waals surface area contributed by atoms with Gasteiger partial charge in [0, 0.05) is 19.3 Å². The minimum Gasteiger partial charge on any atom is -0.462 e. The van der Waals surface area contributed by atoms with E-state index in [-0.39, 0.29) is 31.1 Å². The third-order valence-electron chi connectivity index (χ3n) is 15.7. The molecule has 0 saturated heterocycles. The highest BCUT2D eigenvalue weighted by atomic mass is 16.6. The first-order valence-electron chi connectivity index (χ1n) is 35.3. The van der Waals surface area contributed by atoms with Crippen LogP contribution in [0.15, 0.2) is 60.8 Å². The van der Waals surface area contributed by atoms with E-state index >= 15 is 0 Å². The van der Waals surface area contributed by atoms with Crippen molar-refractivity contribution in [1.29, 1.82) is 0 Å². The van der Waals surface area contributed by atoms with Crippen molar-refractivity contribution < 1.29 is 28.6 Å². The minimum absolute atomic E-state index is 0.0722. The largest absolute Gasteiger partial charge is 0.462 e. The summed E-state index contributed by atoms with van der Waals surface area (Å²) in [4.78, 5) is 38.3. The average molecular weight is 1120 g/mol. The van der Waals surface area contributed by atoms with Gasteiger partial charge in [-0.1, -0.05) is 326 Å². The van der Waals surface area contributed by atoms with Crippen LogP contribution in [0, 0.1) is 0 Å². The maximum atomic E-state index is 12.9. The molecule has 1 atom stereocenters. The normalized spacial score (nSPS) is 12.4. The van der Waals surface area contributed by atoms with Gasteiger partial charge in [0.05, 0.1) is 0 Å². The van der Waals surface area contributed by atoms with E-state index in [2.05, 4.69) is 81.5 Å². The Labute approximate surface area is 498 Å². The highest BCUT2D eigenvalue weighted by Crippen LogP contribution is 2.18. The molecule has 0 radical (unpaired) electrons. The van der Waals surface area contributed by atoms with Crippen LogP contribution < -0.4 is 0 Å². The van der Waals surface area contributed by atoms with Crippen LogP contribution >= 0.6 is 0 Å².